The van der Waals surface area contributed by atoms with Gasteiger partial charge in [-0.2, -0.15) is 5.26 Å². The molecular weight excluding hydrogens is 226 g/mol. The Morgan fingerprint density at radius 2 is 2.00 bits per heavy atom. The van der Waals surface area contributed by atoms with E-state index in [2.05, 4.69) is 25.1 Å². The third-order valence-corrected chi connectivity index (χ3v) is 3.59. The van der Waals surface area contributed by atoms with Crippen LogP contribution in [0.3, 0.4) is 0 Å². The van der Waals surface area contributed by atoms with E-state index in [0.29, 0.717) is 0 Å². The number of rotatable bonds is 7. The molecule has 0 heterocycles. The molecular formula is C15H19NS. The van der Waals surface area contributed by atoms with Crippen LogP contribution < -0.4 is 0 Å². The summed E-state index contributed by atoms with van der Waals surface area (Å²) in [4.78, 5) is 2.39. The highest BCUT2D eigenvalue weighted by atomic mass is 32.2. The van der Waals surface area contributed by atoms with Gasteiger partial charge in [0.05, 0.1) is 6.07 Å². The third kappa shape index (κ3) is 6.19. The second-order valence-electron chi connectivity index (χ2n) is 3.97. The number of nitrogens with zero attached hydrogens (tertiary/aromatic N) is 1. The monoisotopic (exact) mass is 245 g/mol. The summed E-state index contributed by atoms with van der Waals surface area (Å²) >= 11 is 1.71. The van der Waals surface area contributed by atoms with E-state index < -0.39 is 0 Å². The molecule has 0 unspecified atom stereocenters. The van der Waals surface area contributed by atoms with Gasteiger partial charge in [0, 0.05) is 15.9 Å². The molecule has 1 rings (SSSR count). The van der Waals surface area contributed by atoms with Crippen molar-refractivity contribution in [1.82, 2.24) is 0 Å². The third-order valence-electron chi connectivity index (χ3n) is 2.49. The number of nitriles is 1. The van der Waals surface area contributed by atoms with Crippen molar-refractivity contribution in [3.05, 3.63) is 41.3 Å². The van der Waals surface area contributed by atoms with Crippen LogP contribution in [0.5, 0.6) is 0 Å². The van der Waals surface area contributed by atoms with Gasteiger partial charge in [-0.3, -0.25) is 0 Å². The highest BCUT2D eigenvalue weighted by Crippen LogP contribution is 2.29. The summed E-state index contributed by atoms with van der Waals surface area (Å²) in [5.41, 5.74) is 0. The first kappa shape index (κ1) is 13.9. The SMILES string of the molecule is CCCCCC/C(=C/C#N)Sc1ccccc1. The van der Waals surface area contributed by atoms with E-state index in [1.54, 1.807) is 17.8 Å². The van der Waals surface area contributed by atoms with Crippen molar-refractivity contribution >= 4 is 11.8 Å². The molecule has 0 aliphatic heterocycles. The minimum absolute atomic E-state index is 1.02. The first-order valence-electron chi connectivity index (χ1n) is 6.18. The van der Waals surface area contributed by atoms with E-state index in [1.165, 1.54) is 35.5 Å². The minimum Gasteiger partial charge on any atom is -0.193 e. The summed E-state index contributed by atoms with van der Waals surface area (Å²) in [6.07, 6.45) is 7.69. The van der Waals surface area contributed by atoms with Crippen molar-refractivity contribution < 1.29 is 0 Å². The van der Waals surface area contributed by atoms with E-state index in [0.717, 1.165) is 6.42 Å². The van der Waals surface area contributed by atoms with Crippen LogP contribution in [0.15, 0.2) is 46.2 Å². The summed E-state index contributed by atoms with van der Waals surface area (Å²) < 4.78 is 0. The Morgan fingerprint density at radius 1 is 1.24 bits per heavy atom. The molecule has 2 heteroatoms. The minimum atomic E-state index is 1.02. The average Bonchev–Trinajstić information content (AvgIpc) is 2.36. The maximum atomic E-state index is 8.78. The zero-order chi connectivity index (χ0) is 12.3. The quantitative estimate of drug-likeness (QED) is 0.376. The van der Waals surface area contributed by atoms with Crippen LogP contribution in [0.2, 0.25) is 0 Å². The highest BCUT2D eigenvalue weighted by molar-refractivity contribution is 8.03. The average molecular weight is 245 g/mol. The maximum absolute atomic E-state index is 8.78. The van der Waals surface area contributed by atoms with Crippen LogP contribution >= 0.6 is 11.8 Å². The molecule has 1 aromatic carbocycles. The molecule has 0 aromatic heterocycles. The Balaban J connectivity index is 2.45. The summed E-state index contributed by atoms with van der Waals surface area (Å²) in [7, 11) is 0. The van der Waals surface area contributed by atoms with Crippen LogP contribution in [0.1, 0.15) is 39.0 Å². The molecule has 0 amide bonds. The number of unbranched alkanes of at least 4 members (excludes halogenated alkanes) is 3. The van der Waals surface area contributed by atoms with Crippen LogP contribution in [0.25, 0.3) is 0 Å². The summed E-state index contributed by atoms with van der Waals surface area (Å²) in [5.74, 6) is 0. The van der Waals surface area contributed by atoms with Gasteiger partial charge in [0.2, 0.25) is 0 Å². The maximum Gasteiger partial charge on any atom is 0.0920 e. The molecule has 0 spiro atoms. The number of benzene rings is 1. The lowest BCUT2D eigenvalue weighted by molar-refractivity contribution is 0.672. The van der Waals surface area contributed by atoms with Gasteiger partial charge in [0.15, 0.2) is 0 Å². The topological polar surface area (TPSA) is 23.8 Å². The van der Waals surface area contributed by atoms with Gasteiger partial charge in [0.1, 0.15) is 0 Å². The molecule has 90 valence electrons. The lowest BCUT2D eigenvalue weighted by Crippen LogP contribution is -1.81. The van der Waals surface area contributed by atoms with Crippen LogP contribution in [-0.2, 0) is 0 Å². The van der Waals surface area contributed by atoms with Crippen molar-refractivity contribution in [2.45, 2.75) is 43.9 Å². The van der Waals surface area contributed by atoms with E-state index in [9.17, 15) is 0 Å². The number of hydrogen-bond acceptors (Lipinski definition) is 2. The molecule has 17 heavy (non-hydrogen) atoms. The predicted octanol–water partition coefficient (Wildman–Crippen LogP) is 5.16. The lowest BCUT2D eigenvalue weighted by atomic mass is 10.1. The standard InChI is InChI=1S/C15H19NS/c1-2-3-4-6-11-15(12-13-16)17-14-9-7-5-8-10-14/h5,7-10,12H,2-4,6,11H2,1H3/b15-12-. The largest absolute Gasteiger partial charge is 0.193 e. The predicted molar refractivity (Wildman–Crippen MR) is 74.8 cm³/mol. The molecule has 0 N–H and O–H groups in total. The van der Waals surface area contributed by atoms with Crippen molar-refractivity contribution in [2.24, 2.45) is 0 Å². The molecule has 0 aliphatic rings. The van der Waals surface area contributed by atoms with E-state index in [-0.39, 0.29) is 0 Å². The Labute approximate surface area is 109 Å². The van der Waals surface area contributed by atoms with Crippen molar-refractivity contribution in [3.63, 3.8) is 0 Å². The van der Waals surface area contributed by atoms with Gasteiger partial charge >= 0.3 is 0 Å². The Hall–Kier alpha value is -1.20. The van der Waals surface area contributed by atoms with E-state index in [4.69, 9.17) is 5.26 Å². The van der Waals surface area contributed by atoms with Crippen molar-refractivity contribution in [2.75, 3.05) is 0 Å². The lowest BCUT2D eigenvalue weighted by Gasteiger charge is -2.05. The fourth-order valence-corrected chi connectivity index (χ4v) is 2.54. The van der Waals surface area contributed by atoms with Gasteiger partial charge in [0.25, 0.3) is 0 Å². The smallest absolute Gasteiger partial charge is 0.0920 e. The van der Waals surface area contributed by atoms with Crippen LogP contribution in [0, 0.1) is 11.3 Å². The Bertz CT molecular complexity index is 376. The Kier molecular flexibility index (Phi) is 7.25. The molecule has 0 fully saturated rings. The molecule has 1 aromatic rings. The van der Waals surface area contributed by atoms with Crippen LogP contribution in [0.4, 0.5) is 0 Å². The first-order valence-corrected chi connectivity index (χ1v) is 7.00. The van der Waals surface area contributed by atoms with Gasteiger partial charge in [-0.1, -0.05) is 56.1 Å². The molecule has 1 nitrogen and oxygen atoms in total. The molecule has 0 atom stereocenters. The zero-order valence-electron chi connectivity index (χ0n) is 10.4. The van der Waals surface area contributed by atoms with Crippen LogP contribution in [-0.4, -0.2) is 0 Å². The Morgan fingerprint density at radius 3 is 2.65 bits per heavy atom. The van der Waals surface area contributed by atoms with Gasteiger partial charge in [-0.25, -0.2) is 0 Å². The number of hydrogen-bond donors (Lipinski definition) is 0. The fourth-order valence-electron chi connectivity index (χ4n) is 1.59. The van der Waals surface area contributed by atoms with Gasteiger partial charge < -0.3 is 0 Å². The number of allylic oxidation sites excluding steroid dienone is 2. The molecule has 0 saturated carbocycles. The first-order chi connectivity index (χ1) is 8.36. The van der Waals surface area contributed by atoms with Crippen molar-refractivity contribution in [1.29, 1.82) is 5.26 Å². The van der Waals surface area contributed by atoms with E-state index in [1.807, 2.05) is 18.2 Å². The van der Waals surface area contributed by atoms with E-state index >= 15 is 0 Å². The summed E-state index contributed by atoms with van der Waals surface area (Å²) in [5, 5.41) is 8.78. The van der Waals surface area contributed by atoms with Gasteiger partial charge in [-0.15, -0.1) is 0 Å². The molecule has 0 bridgehead atoms. The highest BCUT2D eigenvalue weighted by Gasteiger charge is 2.00. The molecule has 0 saturated heterocycles. The summed E-state index contributed by atoms with van der Waals surface area (Å²) in [6, 6.07) is 12.4. The van der Waals surface area contributed by atoms with Gasteiger partial charge in [-0.05, 0) is 25.0 Å². The van der Waals surface area contributed by atoms with Crippen molar-refractivity contribution in [3.8, 4) is 6.07 Å². The second-order valence-corrected chi connectivity index (χ2v) is 5.17. The summed E-state index contributed by atoms with van der Waals surface area (Å²) in [6.45, 7) is 2.21. The normalized spacial score (nSPS) is 11.2. The fraction of sp³-hybridized carbons (Fsp3) is 0.400. The second kappa shape index (κ2) is 8.90. The number of thioether (sulfide) groups is 1. The molecule has 0 aliphatic carbocycles. The zero-order valence-corrected chi connectivity index (χ0v) is 11.2. The molecule has 0 radical (unpaired) electrons.